The van der Waals surface area contributed by atoms with Crippen molar-refractivity contribution in [3.05, 3.63) is 29.3 Å². The molecule has 0 saturated carbocycles. The zero-order valence-corrected chi connectivity index (χ0v) is 20.8. The Hall–Kier alpha value is -1.44. The topological polar surface area (TPSA) is 60.9 Å². The van der Waals surface area contributed by atoms with E-state index in [-0.39, 0.29) is 17.4 Å². The van der Waals surface area contributed by atoms with Gasteiger partial charge >= 0.3 is 0 Å². The first kappa shape index (κ1) is 23.7. The number of amides is 1. The van der Waals surface area contributed by atoms with Gasteiger partial charge in [-0.05, 0) is 89.0 Å². The maximum absolute atomic E-state index is 13.3. The molecule has 0 bridgehead atoms. The molecule has 3 aliphatic rings. The fourth-order valence-corrected chi connectivity index (χ4v) is 6.95. The van der Waals surface area contributed by atoms with Crippen LogP contribution >= 0.6 is 0 Å². The van der Waals surface area contributed by atoms with Gasteiger partial charge in [-0.1, -0.05) is 6.07 Å². The van der Waals surface area contributed by atoms with Gasteiger partial charge in [0.15, 0.2) is 0 Å². The average molecular weight is 462 g/mol. The second kappa shape index (κ2) is 9.43. The van der Waals surface area contributed by atoms with Gasteiger partial charge in [-0.25, -0.2) is 8.42 Å². The summed E-state index contributed by atoms with van der Waals surface area (Å²) in [7, 11) is -3.50. The zero-order valence-electron chi connectivity index (χ0n) is 20.0. The molecular weight excluding hydrogens is 422 g/mol. The van der Waals surface area contributed by atoms with Gasteiger partial charge in [0.2, 0.25) is 15.9 Å². The van der Waals surface area contributed by atoms with Crippen molar-refractivity contribution < 1.29 is 13.2 Å². The number of carbonyl (C=O) groups is 1. The van der Waals surface area contributed by atoms with Crippen molar-refractivity contribution in [1.29, 1.82) is 0 Å². The summed E-state index contributed by atoms with van der Waals surface area (Å²) in [5.41, 5.74) is 2.60. The van der Waals surface area contributed by atoms with E-state index in [1.54, 1.807) is 10.4 Å². The summed E-state index contributed by atoms with van der Waals surface area (Å²) in [5, 5.41) is 0. The molecule has 1 aromatic rings. The molecule has 6 nitrogen and oxygen atoms in total. The Bertz CT molecular complexity index is 930. The molecule has 0 aromatic heterocycles. The van der Waals surface area contributed by atoms with Crippen LogP contribution in [0.2, 0.25) is 0 Å². The fraction of sp³-hybridized carbons (Fsp3) is 0.720. The van der Waals surface area contributed by atoms with E-state index in [1.807, 2.05) is 17.0 Å². The van der Waals surface area contributed by atoms with Gasteiger partial charge in [0, 0.05) is 50.7 Å². The first-order valence-electron chi connectivity index (χ1n) is 12.3. The van der Waals surface area contributed by atoms with Crippen LogP contribution in [0.15, 0.2) is 23.1 Å². The van der Waals surface area contributed by atoms with Crippen LogP contribution in [-0.4, -0.2) is 73.2 Å². The maximum atomic E-state index is 13.3. The summed E-state index contributed by atoms with van der Waals surface area (Å²) in [6.07, 6.45) is 6.56. The lowest BCUT2D eigenvalue weighted by molar-refractivity contribution is -0.136. The van der Waals surface area contributed by atoms with Crippen molar-refractivity contribution in [3.63, 3.8) is 0 Å². The molecule has 7 heteroatoms. The van der Waals surface area contributed by atoms with E-state index >= 15 is 0 Å². The highest BCUT2D eigenvalue weighted by Gasteiger charge is 2.35. The summed E-state index contributed by atoms with van der Waals surface area (Å²) < 4.78 is 28.1. The summed E-state index contributed by atoms with van der Waals surface area (Å²) in [6, 6.07) is 5.66. The minimum atomic E-state index is -3.50. The van der Waals surface area contributed by atoms with Crippen LogP contribution in [0.3, 0.4) is 0 Å². The Kier molecular flexibility index (Phi) is 6.99. The van der Waals surface area contributed by atoms with Crippen molar-refractivity contribution in [2.75, 3.05) is 39.3 Å². The monoisotopic (exact) mass is 461 g/mol. The van der Waals surface area contributed by atoms with Gasteiger partial charge in [-0.3, -0.25) is 9.69 Å². The third-order valence-corrected chi connectivity index (χ3v) is 9.41. The lowest BCUT2D eigenvalue weighted by Crippen LogP contribution is -2.46. The third kappa shape index (κ3) is 5.05. The van der Waals surface area contributed by atoms with E-state index in [0.29, 0.717) is 30.8 Å². The maximum Gasteiger partial charge on any atom is 0.243 e. The predicted molar refractivity (Wildman–Crippen MR) is 127 cm³/mol. The number of rotatable bonds is 3. The normalized spacial score (nSPS) is 22.4. The van der Waals surface area contributed by atoms with Crippen molar-refractivity contribution in [3.8, 4) is 0 Å². The number of hydrogen-bond donors (Lipinski definition) is 0. The largest absolute Gasteiger partial charge is 0.341 e. The SMILES string of the molecule is CC(C)(C)N1CCCN(C(=O)C2CCN(S(=O)(=O)c3ccc4c(c3)CCCC4)CC2)CC1. The van der Waals surface area contributed by atoms with Crippen molar-refractivity contribution in [2.24, 2.45) is 5.92 Å². The number of carbonyl (C=O) groups excluding carboxylic acids is 1. The molecule has 2 heterocycles. The van der Waals surface area contributed by atoms with Crippen LogP contribution in [-0.2, 0) is 27.7 Å². The molecule has 1 amide bonds. The number of piperidine rings is 1. The van der Waals surface area contributed by atoms with Gasteiger partial charge < -0.3 is 4.90 Å². The fourth-order valence-electron chi connectivity index (χ4n) is 5.43. The highest BCUT2D eigenvalue weighted by Crippen LogP contribution is 2.29. The number of nitrogens with zero attached hydrogens (tertiary/aromatic N) is 3. The number of hydrogen-bond acceptors (Lipinski definition) is 4. The van der Waals surface area contributed by atoms with Crippen LogP contribution in [0.1, 0.15) is 64.0 Å². The molecule has 32 heavy (non-hydrogen) atoms. The molecular formula is C25H39N3O3S. The van der Waals surface area contributed by atoms with E-state index in [1.165, 1.54) is 17.5 Å². The van der Waals surface area contributed by atoms with Gasteiger partial charge in [0.1, 0.15) is 0 Å². The summed E-state index contributed by atoms with van der Waals surface area (Å²) >= 11 is 0. The smallest absolute Gasteiger partial charge is 0.243 e. The van der Waals surface area contributed by atoms with Crippen LogP contribution in [0, 0.1) is 5.92 Å². The number of sulfonamides is 1. The van der Waals surface area contributed by atoms with Crippen molar-refractivity contribution >= 4 is 15.9 Å². The van der Waals surface area contributed by atoms with Crippen LogP contribution in [0.4, 0.5) is 0 Å². The van der Waals surface area contributed by atoms with E-state index in [0.717, 1.165) is 51.9 Å². The molecule has 0 unspecified atom stereocenters. The van der Waals surface area contributed by atoms with Gasteiger partial charge in [0.05, 0.1) is 4.90 Å². The molecule has 2 aliphatic heterocycles. The minimum Gasteiger partial charge on any atom is -0.341 e. The molecule has 178 valence electrons. The highest BCUT2D eigenvalue weighted by molar-refractivity contribution is 7.89. The standard InChI is InChI=1S/C25H39N3O3S/c1-25(2,3)27-14-6-13-26(17-18-27)24(29)21-11-15-28(16-12-21)32(30,31)23-10-9-20-7-4-5-8-22(20)19-23/h9-10,19,21H,4-8,11-18H2,1-3H3. The molecule has 0 N–H and O–H groups in total. The van der Waals surface area contributed by atoms with Gasteiger partial charge in [-0.2, -0.15) is 4.31 Å². The van der Waals surface area contributed by atoms with E-state index in [9.17, 15) is 13.2 Å². The lowest BCUT2D eigenvalue weighted by Gasteiger charge is -2.35. The Morgan fingerprint density at radius 2 is 1.56 bits per heavy atom. The Labute approximate surface area is 194 Å². The molecule has 0 atom stereocenters. The number of fused-ring (bicyclic) bond motifs is 1. The van der Waals surface area contributed by atoms with Crippen LogP contribution < -0.4 is 0 Å². The Balaban J connectivity index is 1.36. The lowest BCUT2D eigenvalue weighted by atomic mass is 9.92. The molecule has 0 spiro atoms. The van der Waals surface area contributed by atoms with Crippen LogP contribution in [0.25, 0.3) is 0 Å². The zero-order chi connectivity index (χ0) is 22.9. The second-order valence-electron chi connectivity index (χ2n) is 10.7. The first-order chi connectivity index (χ1) is 15.2. The summed E-state index contributed by atoms with van der Waals surface area (Å²) in [4.78, 5) is 18.1. The molecule has 4 rings (SSSR count). The average Bonchev–Trinajstić information content (AvgIpc) is 3.05. The van der Waals surface area contributed by atoms with E-state index < -0.39 is 10.0 Å². The molecule has 1 aromatic carbocycles. The van der Waals surface area contributed by atoms with Crippen LogP contribution in [0.5, 0.6) is 0 Å². The first-order valence-corrected chi connectivity index (χ1v) is 13.8. The number of benzene rings is 1. The quantitative estimate of drug-likeness (QED) is 0.693. The molecule has 2 fully saturated rings. The Morgan fingerprint density at radius 3 is 2.25 bits per heavy atom. The van der Waals surface area contributed by atoms with E-state index in [4.69, 9.17) is 0 Å². The number of aryl methyl sites for hydroxylation is 2. The van der Waals surface area contributed by atoms with Crippen molar-refractivity contribution in [1.82, 2.24) is 14.1 Å². The van der Waals surface area contributed by atoms with Gasteiger partial charge in [0.25, 0.3) is 0 Å². The molecule has 2 saturated heterocycles. The summed E-state index contributed by atoms with van der Waals surface area (Å²) in [6.45, 7) is 11.0. The highest BCUT2D eigenvalue weighted by atomic mass is 32.2. The Morgan fingerprint density at radius 1 is 0.875 bits per heavy atom. The third-order valence-electron chi connectivity index (χ3n) is 7.52. The van der Waals surface area contributed by atoms with E-state index in [2.05, 4.69) is 25.7 Å². The second-order valence-corrected chi connectivity index (χ2v) is 12.6. The minimum absolute atomic E-state index is 0.0637. The summed E-state index contributed by atoms with van der Waals surface area (Å²) in [5.74, 6) is 0.151. The molecule has 0 radical (unpaired) electrons. The molecule has 1 aliphatic carbocycles. The van der Waals surface area contributed by atoms with Gasteiger partial charge in [-0.15, -0.1) is 0 Å². The predicted octanol–water partition coefficient (Wildman–Crippen LogP) is 3.30. The van der Waals surface area contributed by atoms with Crippen molar-refractivity contribution in [2.45, 2.75) is 76.2 Å².